The SMILES string of the molecule is Nc1ccc(-c2cc(O)c(N)c(C(F)(F)F)c2C(F)(F)F)cc1O. The van der Waals surface area contributed by atoms with Crippen LogP contribution in [0.1, 0.15) is 11.1 Å². The standard InChI is InChI=1S/C14H10F6N2O2/c15-13(16,17)10-6(5-1-2-7(21)8(23)3-5)4-9(24)12(22)11(10)14(18,19)20/h1-4,23-24H,21-22H2. The van der Waals surface area contributed by atoms with Gasteiger partial charge in [-0.3, -0.25) is 0 Å². The molecule has 0 aliphatic heterocycles. The summed E-state index contributed by atoms with van der Waals surface area (Å²) >= 11 is 0. The Morgan fingerprint density at radius 1 is 0.750 bits per heavy atom. The summed E-state index contributed by atoms with van der Waals surface area (Å²) in [7, 11) is 0. The summed E-state index contributed by atoms with van der Waals surface area (Å²) in [5, 5.41) is 19.0. The number of aromatic hydroxyl groups is 2. The van der Waals surface area contributed by atoms with Crippen LogP contribution in [0.2, 0.25) is 0 Å². The molecular weight excluding hydrogens is 342 g/mol. The fourth-order valence-electron chi connectivity index (χ4n) is 2.21. The molecule has 0 heterocycles. The van der Waals surface area contributed by atoms with Crippen molar-refractivity contribution in [3.63, 3.8) is 0 Å². The van der Waals surface area contributed by atoms with Crippen LogP contribution in [0.3, 0.4) is 0 Å². The van der Waals surface area contributed by atoms with Crippen LogP contribution in [0.5, 0.6) is 11.5 Å². The van der Waals surface area contributed by atoms with Gasteiger partial charge in [0, 0.05) is 0 Å². The molecule has 0 aliphatic carbocycles. The number of phenolic OH excluding ortho intramolecular Hbond substituents is 2. The lowest BCUT2D eigenvalue weighted by Crippen LogP contribution is -2.20. The van der Waals surface area contributed by atoms with E-state index >= 15 is 0 Å². The predicted octanol–water partition coefficient (Wildman–Crippen LogP) is 3.97. The zero-order valence-electron chi connectivity index (χ0n) is 11.6. The number of hydrogen-bond donors (Lipinski definition) is 4. The average Bonchev–Trinajstić information content (AvgIpc) is 2.41. The second-order valence-corrected chi connectivity index (χ2v) is 4.88. The highest BCUT2D eigenvalue weighted by Gasteiger charge is 2.47. The van der Waals surface area contributed by atoms with Crippen molar-refractivity contribution in [1.29, 1.82) is 0 Å². The Balaban J connectivity index is 2.95. The van der Waals surface area contributed by atoms with E-state index in [1.807, 2.05) is 0 Å². The van der Waals surface area contributed by atoms with Crippen molar-refractivity contribution in [1.82, 2.24) is 0 Å². The third-order valence-corrected chi connectivity index (χ3v) is 3.25. The molecule has 0 amide bonds. The number of phenols is 2. The van der Waals surface area contributed by atoms with E-state index < -0.39 is 51.8 Å². The maximum Gasteiger partial charge on any atom is 0.419 e. The first-order valence-electron chi connectivity index (χ1n) is 6.22. The summed E-state index contributed by atoms with van der Waals surface area (Å²) in [5.74, 6) is -1.79. The molecule has 130 valence electrons. The Morgan fingerprint density at radius 2 is 1.29 bits per heavy atom. The minimum absolute atomic E-state index is 0.178. The number of halogens is 6. The highest BCUT2D eigenvalue weighted by molar-refractivity contribution is 5.80. The van der Waals surface area contributed by atoms with Gasteiger partial charge in [0.15, 0.2) is 0 Å². The molecule has 0 spiro atoms. The lowest BCUT2D eigenvalue weighted by Gasteiger charge is -2.22. The molecule has 0 fully saturated rings. The molecule has 0 atom stereocenters. The smallest absolute Gasteiger partial charge is 0.419 e. The van der Waals surface area contributed by atoms with Crippen LogP contribution in [0, 0.1) is 0 Å². The zero-order chi connectivity index (χ0) is 18.4. The van der Waals surface area contributed by atoms with Gasteiger partial charge in [-0.25, -0.2) is 0 Å². The van der Waals surface area contributed by atoms with Crippen molar-refractivity contribution in [2.24, 2.45) is 0 Å². The highest BCUT2D eigenvalue weighted by Crippen LogP contribution is 2.50. The molecule has 2 aromatic rings. The maximum atomic E-state index is 13.3. The molecule has 2 aromatic carbocycles. The topological polar surface area (TPSA) is 92.5 Å². The summed E-state index contributed by atoms with van der Waals surface area (Å²) in [4.78, 5) is 0. The molecule has 0 aliphatic rings. The maximum absolute atomic E-state index is 13.3. The van der Waals surface area contributed by atoms with Gasteiger partial charge in [-0.2, -0.15) is 26.3 Å². The van der Waals surface area contributed by atoms with E-state index in [1.54, 1.807) is 0 Å². The molecule has 24 heavy (non-hydrogen) atoms. The van der Waals surface area contributed by atoms with Crippen molar-refractivity contribution in [3.8, 4) is 22.6 Å². The monoisotopic (exact) mass is 352 g/mol. The molecule has 10 heteroatoms. The van der Waals surface area contributed by atoms with Gasteiger partial charge < -0.3 is 21.7 Å². The molecule has 0 saturated heterocycles. The largest absolute Gasteiger partial charge is 0.506 e. The quantitative estimate of drug-likeness (QED) is 0.355. The first-order valence-corrected chi connectivity index (χ1v) is 6.22. The fourth-order valence-corrected chi connectivity index (χ4v) is 2.21. The molecule has 0 radical (unpaired) electrons. The molecular formula is C14H10F6N2O2. The van der Waals surface area contributed by atoms with Crippen LogP contribution in [-0.2, 0) is 12.4 Å². The summed E-state index contributed by atoms with van der Waals surface area (Å²) in [5.41, 5.74) is 3.08. The van der Waals surface area contributed by atoms with Crippen LogP contribution < -0.4 is 11.5 Å². The Bertz CT molecular complexity index is 799. The van der Waals surface area contributed by atoms with E-state index in [-0.39, 0.29) is 5.69 Å². The van der Waals surface area contributed by atoms with E-state index in [1.165, 1.54) is 0 Å². The van der Waals surface area contributed by atoms with E-state index in [0.29, 0.717) is 6.07 Å². The second kappa shape index (κ2) is 5.39. The van der Waals surface area contributed by atoms with E-state index in [0.717, 1.165) is 18.2 Å². The third-order valence-electron chi connectivity index (χ3n) is 3.25. The molecule has 0 bridgehead atoms. The molecule has 4 nitrogen and oxygen atoms in total. The van der Waals surface area contributed by atoms with Gasteiger partial charge in [0.1, 0.15) is 11.5 Å². The minimum atomic E-state index is -5.46. The highest BCUT2D eigenvalue weighted by atomic mass is 19.4. The van der Waals surface area contributed by atoms with Gasteiger partial charge in [0.25, 0.3) is 0 Å². The van der Waals surface area contributed by atoms with Crippen molar-refractivity contribution in [3.05, 3.63) is 35.4 Å². The first kappa shape index (κ1) is 17.6. The van der Waals surface area contributed by atoms with E-state index in [2.05, 4.69) is 0 Å². The second-order valence-electron chi connectivity index (χ2n) is 4.88. The van der Waals surface area contributed by atoms with Crippen LogP contribution in [0.15, 0.2) is 24.3 Å². The van der Waals surface area contributed by atoms with Crippen molar-refractivity contribution < 1.29 is 36.6 Å². The Hall–Kier alpha value is -2.78. The lowest BCUT2D eigenvalue weighted by molar-refractivity contribution is -0.161. The third kappa shape index (κ3) is 2.99. The number of alkyl halides is 6. The Labute approximate surface area is 130 Å². The lowest BCUT2D eigenvalue weighted by atomic mass is 9.92. The van der Waals surface area contributed by atoms with Crippen molar-refractivity contribution in [2.75, 3.05) is 11.5 Å². The van der Waals surface area contributed by atoms with Crippen LogP contribution in [0.25, 0.3) is 11.1 Å². The first-order chi connectivity index (χ1) is 10.8. The van der Waals surface area contributed by atoms with Gasteiger partial charge in [-0.05, 0) is 29.3 Å². The van der Waals surface area contributed by atoms with Crippen molar-refractivity contribution >= 4 is 11.4 Å². The van der Waals surface area contributed by atoms with Gasteiger partial charge in [-0.1, -0.05) is 6.07 Å². The molecule has 6 N–H and O–H groups in total. The minimum Gasteiger partial charge on any atom is -0.506 e. The summed E-state index contributed by atoms with van der Waals surface area (Å²) < 4.78 is 79.2. The number of anilines is 2. The molecule has 0 unspecified atom stereocenters. The normalized spacial score (nSPS) is 12.4. The summed E-state index contributed by atoms with van der Waals surface area (Å²) in [6.07, 6.45) is -10.9. The number of nitrogen functional groups attached to an aromatic ring is 2. The Morgan fingerprint density at radius 3 is 1.75 bits per heavy atom. The molecule has 0 saturated carbocycles. The fraction of sp³-hybridized carbons (Fsp3) is 0.143. The number of benzene rings is 2. The van der Waals surface area contributed by atoms with Crippen LogP contribution in [0.4, 0.5) is 37.7 Å². The number of rotatable bonds is 1. The predicted molar refractivity (Wildman–Crippen MR) is 74.0 cm³/mol. The van der Waals surface area contributed by atoms with Gasteiger partial charge in [0.2, 0.25) is 0 Å². The van der Waals surface area contributed by atoms with Crippen LogP contribution >= 0.6 is 0 Å². The van der Waals surface area contributed by atoms with Crippen LogP contribution in [-0.4, -0.2) is 10.2 Å². The number of hydrogen-bond acceptors (Lipinski definition) is 4. The van der Waals surface area contributed by atoms with Gasteiger partial charge >= 0.3 is 12.4 Å². The summed E-state index contributed by atoms with van der Waals surface area (Å²) in [6.45, 7) is 0. The Kier molecular flexibility index (Phi) is 3.95. The molecule has 2 rings (SSSR count). The molecule has 0 aromatic heterocycles. The summed E-state index contributed by atoms with van der Waals surface area (Å²) in [6, 6.07) is 3.22. The zero-order valence-corrected chi connectivity index (χ0v) is 11.6. The van der Waals surface area contributed by atoms with E-state index in [9.17, 15) is 36.6 Å². The van der Waals surface area contributed by atoms with E-state index in [4.69, 9.17) is 11.5 Å². The van der Waals surface area contributed by atoms with Crippen molar-refractivity contribution in [2.45, 2.75) is 12.4 Å². The average molecular weight is 352 g/mol. The van der Waals surface area contributed by atoms with Gasteiger partial charge in [-0.15, -0.1) is 0 Å². The number of nitrogens with two attached hydrogens (primary N) is 2. The van der Waals surface area contributed by atoms with Gasteiger partial charge in [0.05, 0.1) is 22.5 Å².